The Morgan fingerprint density at radius 3 is 2.33 bits per heavy atom. The summed E-state index contributed by atoms with van der Waals surface area (Å²) in [7, 11) is 0. The summed E-state index contributed by atoms with van der Waals surface area (Å²) in [5, 5.41) is 0. The van der Waals surface area contributed by atoms with Crippen molar-refractivity contribution in [1.82, 2.24) is 9.80 Å². The lowest BCUT2D eigenvalue weighted by Gasteiger charge is -2.35. The van der Waals surface area contributed by atoms with Gasteiger partial charge >= 0.3 is 12.2 Å². The van der Waals surface area contributed by atoms with Crippen molar-refractivity contribution < 1.29 is 38.2 Å². The molecular formula is C31H26N4O8. The van der Waals surface area contributed by atoms with Crippen molar-refractivity contribution >= 4 is 41.3 Å². The smallest absolute Gasteiger partial charge is 0.415 e. The fourth-order valence-electron chi connectivity index (χ4n) is 5.84. The normalized spacial score (nSPS) is 20.8. The second-order valence-corrected chi connectivity index (χ2v) is 10.6. The number of carbonyl (C=O) groups is 5. The lowest BCUT2D eigenvalue weighted by atomic mass is 10.1. The number of hydrogen-bond acceptors (Lipinski definition) is 8. The molecule has 2 saturated heterocycles. The van der Waals surface area contributed by atoms with Crippen molar-refractivity contribution in [3.63, 3.8) is 0 Å². The number of ether oxygens (including phenoxy) is 3. The molecule has 0 bridgehead atoms. The molecule has 7 rings (SSSR count). The molecule has 43 heavy (non-hydrogen) atoms. The Bertz CT molecular complexity index is 1630. The monoisotopic (exact) mass is 582 g/mol. The Labute approximate surface area is 245 Å². The topological polar surface area (TPSA) is 126 Å². The molecule has 2 fully saturated rings. The van der Waals surface area contributed by atoms with Crippen LogP contribution in [0.3, 0.4) is 0 Å². The van der Waals surface area contributed by atoms with E-state index < -0.39 is 36.1 Å². The van der Waals surface area contributed by atoms with Gasteiger partial charge in [0.25, 0.3) is 11.8 Å². The highest BCUT2D eigenvalue weighted by molar-refractivity contribution is 6.21. The maximum atomic E-state index is 13.0. The first kappa shape index (κ1) is 26.5. The SMILES string of the molecule is O=C(OCc1ccccc1)N1CCN(c2ccc3c(c2)OC[C@H]2[C@H](CN4C(=O)c5ccccc5C4=O)OC(=O)N32)C(=O)C1. The van der Waals surface area contributed by atoms with E-state index in [1.165, 1.54) is 9.80 Å². The summed E-state index contributed by atoms with van der Waals surface area (Å²) in [6, 6.07) is 20.4. The summed E-state index contributed by atoms with van der Waals surface area (Å²) in [6.07, 6.45) is -1.94. The molecule has 2 atom stereocenters. The van der Waals surface area contributed by atoms with E-state index in [1.807, 2.05) is 30.3 Å². The lowest BCUT2D eigenvalue weighted by molar-refractivity contribution is -0.120. The van der Waals surface area contributed by atoms with Crippen LogP contribution in [0.15, 0.2) is 72.8 Å². The van der Waals surface area contributed by atoms with E-state index in [0.29, 0.717) is 28.3 Å². The first-order valence-electron chi connectivity index (χ1n) is 13.9. The number of benzene rings is 3. The molecule has 5 amide bonds. The van der Waals surface area contributed by atoms with E-state index in [1.54, 1.807) is 47.4 Å². The van der Waals surface area contributed by atoms with Crippen LogP contribution < -0.4 is 14.5 Å². The molecule has 4 aliphatic rings. The quantitative estimate of drug-likeness (QED) is 0.421. The number of anilines is 2. The van der Waals surface area contributed by atoms with Crippen molar-refractivity contribution in [2.45, 2.75) is 18.8 Å². The van der Waals surface area contributed by atoms with Crippen LogP contribution in [0.1, 0.15) is 26.3 Å². The maximum Gasteiger partial charge on any atom is 0.415 e. The Hall–Kier alpha value is -5.39. The summed E-state index contributed by atoms with van der Waals surface area (Å²) in [5.74, 6) is -0.736. The molecule has 0 saturated carbocycles. The predicted octanol–water partition coefficient (Wildman–Crippen LogP) is 3.05. The summed E-state index contributed by atoms with van der Waals surface area (Å²) in [4.78, 5) is 69.7. The highest BCUT2D eigenvalue weighted by atomic mass is 16.6. The minimum Gasteiger partial charge on any atom is -0.489 e. The lowest BCUT2D eigenvalue weighted by Crippen LogP contribution is -2.52. The summed E-state index contributed by atoms with van der Waals surface area (Å²) >= 11 is 0. The molecule has 0 radical (unpaired) electrons. The summed E-state index contributed by atoms with van der Waals surface area (Å²) in [5.41, 5.74) is 2.53. The fraction of sp³-hybridized carbons (Fsp3) is 0.258. The van der Waals surface area contributed by atoms with E-state index in [0.717, 1.165) is 10.5 Å². The van der Waals surface area contributed by atoms with E-state index >= 15 is 0 Å². The van der Waals surface area contributed by atoms with Crippen LogP contribution in [0, 0.1) is 0 Å². The Balaban J connectivity index is 1.01. The van der Waals surface area contributed by atoms with Crippen LogP contribution in [0.25, 0.3) is 0 Å². The number of imide groups is 1. The van der Waals surface area contributed by atoms with Gasteiger partial charge in [0.2, 0.25) is 5.91 Å². The Kier molecular flexibility index (Phi) is 6.45. The van der Waals surface area contributed by atoms with E-state index in [-0.39, 0.29) is 45.3 Å². The number of rotatable bonds is 5. The van der Waals surface area contributed by atoms with Gasteiger partial charge < -0.3 is 19.1 Å². The maximum absolute atomic E-state index is 13.0. The minimum absolute atomic E-state index is 0.0744. The zero-order valence-corrected chi connectivity index (χ0v) is 22.9. The van der Waals surface area contributed by atoms with Gasteiger partial charge in [-0.15, -0.1) is 0 Å². The van der Waals surface area contributed by atoms with Gasteiger partial charge in [-0.1, -0.05) is 42.5 Å². The van der Waals surface area contributed by atoms with Gasteiger partial charge in [0, 0.05) is 24.8 Å². The summed E-state index contributed by atoms with van der Waals surface area (Å²) < 4.78 is 17.0. The molecular weight excluding hydrogens is 556 g/mol. The van der Waals surface area contributed by atoms with Crippen LogP contribution >= 0.6 is 0 Å². The van der Waals surface area contributed by atoms with Crippen molar-refractivity contribution in [2.24, 2.45) is 0 Å². The molecule has 4 heterocycles. The van der Waals surface area contributed by atoms with Crippen molar-refractivity contribution in [2.75, 3.05) is 42.6 Å². The standard InChI is InChI=1S/C31H26N4O8/c36-27-16-32(30(39)42-17-19-6-2-1-3-7-19)12-13-33(27)20-10-11-23-25(14-20)41-18-24-26(43-31(40)35(23)24)15-34-28(37)21-8-4-5-9-22(21)29(34)38/h1-11,14,24,26H,12-13,15-18H2/t24-,26-/m0/s1. The molecule has 4 aliphatic heterocycles. The number of fused-ring (bicyclic) bond motifs is 4. The van der Waals surface area contributed by atoms with Crippen LogP contribution in [0.4, 0.5) is 21.0 Å². The molecule has 218 valence electrons. The zero-order chi connectivity index (χ0) is 29.7. The number of amides is 5. The van der Waals surface area contributed by atoms with Gasteiger partial charge in [0.1, 0.15) is 37.7 Å². The van der Waals surface area contributed by atoms with Gasteiger partial charge in [0.05, 0.1) is 23.4 Å². The second-order valence-electron chi connectivity index (χ2n) is 10.6. The van der Waals surface area contributed by atoms with Gasteiger partial charge in [-0.3, -0.25) is 29.1 Å². The molecule has 3 aromatic carbocycles. The second kappa shape index (κ2) is 10.5. The molecule has 0 N–H and O–H groups in total. The number of piperazine rings is 1. The van der Waals surface area contributed by atoms with Crippen LogP contribution in [0.2, 0.25) is 0 Å². The fourth-order valence-corrected chi connectivity index (χ4v) is 5.84. The van der Waals surface area contributed by atoms with Crippen molar-refractivity contribution in [3.8, 4) is 5.75 Å². The van der Waals surface area contributed by atoms with Crippen molar-refractivity contribution in [1.29, 1.82) is 0 Å². The first-order valence-corrected chi connectivity index (χ1v) is 13.9. The third-order valence-electron chi connectivity index (χ3n) is 8.06. The van der Waals surface area contributed by atoms with E-state index in [9.17, 15) is 24.0 Å². The number of nitrogens with zero attached hydrogens (tertiary/aromatic N) is 4. The van der Waals surface area contributed by atoms with Crippen LogP contribution in [-0.4, -0.2) is 84.6 Å². The first-order chi connectivity index (χ1) is 20.9. The predicted molar refractivity (Wildman–Crippen MR) is 151 cm³/mol. The third-order valence-corrected chi connectivity index (χ3v) is 8.06. The molecule has 0 aromatic heterocycles. The summed E-state index contributed by atoms with van der Waals surface area (Å²) in [6.45, 7) is 0.514. The Morgan fingerprint density at radius 1 is 0.884 bits per heavy atom. The zero-order valence-electron chi connectivity index (χ0n) is 22.9. The van der Waals surface area contributed by atoms with Gasteiger partial charge in [-0.2, -0.15) is 0 Å². The highest BCUT2D eigenvalue weighted by Gasteiger charge is 2.49. The molecule has 0 spiro atoms. The van der Waals surface area contributed by atoms with Gasteiger partial charge in [0.15, 0.2) is 0 Å². The van der Waals surface area contributed by atoms with Crippen LogP contribution in [-0.2, 0) is 20.9 Å². The van der Waals surface area contributed by atoms with Gasteiger partial charge in [-0.25, -0.2) is 9.59 Å². The molecule has 12 nitrogen and oxygen atoms in total. The molecule has 0 aliphatic carbocycles. The molecule has 12 heteroatoms. The average molecular weight is 583 g/mol. The van der Waals surface area contributed by atoms with E-state index in [2.05, 4.69) is 0 Å². The largest absolute Gasteiger partial charge is 0.489 e. The average Bonchev–Trinajstić information content (AvgIpc) is 3.48. The van der Waals surface area contributed by atoms with Crippen molar-refractivity contribution in [3.05, 3.63) is 89.5 Å². The Morgan fingerprint density at radius 2 is 1.60 bits per heavy atom. The van der Waals surface area contributed by atoms with Crippen LogP contribution in [0.5, 0.6) is 5.75 Å². The molecule has 3 aromatic rings. The number of hydrogen-bond donors (Lipinski definition) is 0. The number of cyclic esters (lactones) is 1. The highest BCUT2D eigenvalue weighted by Crippen LogP contribution is 2.41. The number of carbonyl (C=O) groups excluding carboxylic acids is 5. The third kappa shape index (κ3) is 4.60. The molecule has 0 unspecified atom stereocenters. The minimum atomic E-state index is -0.779. The van der Waals surface area contributed by atoms with Gasteiger partial charge in [-0.05, 0) is 29.8 Å². The van der Waals surface area contributed by atoms with E-state index in [4.69, 9.17) is 14.2 Å².